The molecule has 0 radical (unpaired) electrons. The lowest BCUT2D eigenvalue weighted by atomic mass is 9.90. The van der Waals surface area contributed by atoms with Crippen molar-refractivity contribution in [3.63, 3.8) is 0 Å². The molecule has 1 aromatic carbocycles. The molecule has 174 valence electrons. The van der Waals surface area contributed by atoms with E-state index in [1.807, 2.05) is 39.0 Å². The van der Waals surface area contributed by atoms with Crippen LogP contribution in [-0.4, -0.2) is 34.5 Å². The van der Waals surface area contributed by atoms with Gasteiger partial charge < -0.3 is 15.4 Å². The molecule has 3 rings (SSSR count). The molecule has 1 aromatic heterocycles. The van der Waals surface area contributed by atoms with Gasteiger partial charge in [-0.25, -0.2) is 4.79 Å². The standard InChI is InChI=1S/C25H34BrN3O3/c1-15(2)12-22(30)20-14-27-21-11-6-16(26)13-19(21)23(20)28-17-7-9-18(10-8-17)29-24(31)32-25(3,4)5/h6,11,13-15,17-18H,7-10,12H2,1-5H3,(H,27,28)(H,29,31)/t17-,18-. The van der Waals surface area contributed by atoms with Crippen LogP contribution < -0.4 is 10.6 Å². The fourth-order valence-corrected chi connectivity index (χ4v) is 4.43. The van der Waals surface area contributed by atoms with Crippen molar-refractivity contribution < 1.29 is 14.3 Å². The first kappa shape index (κ1) is 24.5. The summed E-state index contributed by atoms with van der Waals surface area (Å²) in [5.41, 5.74) is 1.87. The Morgan fingerprint density at radius 3 is 2.44 bits per heavy atom. The van der Waals surface area contributed by atoms with E-state index in [-0.39, 0.29) is 29.9 Å². The van der Waals surface area contributed by atoms with Crippen LogP contribution in [0.2, 0.25) is 0 Å². The maximum atomic E-state index is 13.0. The van der Waals surface area contributed by atoms with Crippen molar-refractivity contribution in [1.29, 1.82) is 0 Å². The first-order chi connectivity index (χ1) is 15.0. The molecule has 2 aromatic rings. The molecule has 6 nitrogen and oxygen atoms in total. The van der Waals surface area contributed by atoms with E-state index in [9.17, 15) is 9.59 Å². The normalized spacial score (nSPS) is 19.1. The number of aromatic nitrogens is 1. The first-order valence-corrected chi connectivity index (χ1v) is 12.2. The van der Waals surface area contributed by atoms with Crippen molar-refractivity contribution >= 4 is 44.4 Å². The Labute approximate surface area is 199 Å². The third-order valence-electron chi connectivity index (χ3n) is 5.52. The van der Waals surface area contributed by atoms with Gasteiger partial charge in [0.05, 0.1) is 16.8 Å². The van der Waals surface area contributed by atoms with Gasteiger partial charge in [0, 0.05) is 34.6 Å². The van der Waals surface area contributed by atoms with Crippen LogP contribution in [0.4, 0.5) is 10.5 Å². The molecule has 0 atom stereocenters. The molecule has 0 saturated heterocycles. The zero-order chi connectivity index (χ0) is 23.5. The largest absolute Gasteiger partial charge is 0.444 e. The molecule has 1 fully saturated rings. The number of rotatable bonds is 6. The summed E-state index contributed by atoms with van der Waals surface area (Å²) < 4.78 is 6.33. The van der Waals surface area contributed by atoms with E-state index in [4.69, 9.17) is 4.74 Å². The summed E-state index contributed by atoms with van der Waals surface area (Å²) in [5, 5.41) is 7.60. The molecule has 1 saturated carbocycles. The number of alkyl carbamates (subject to hydrolysis) is 1. The van der Waals surface area contributed by atoms with Crippen molar-refractivity contribution in [1.82, 2.24) is 10.3 Å². The molecule has 2 N–H and O–H groups in total. The summed E-state index contributed by atoms with van der Waals surface area (Å²) in [7, 11) is 0. The van der Waals surface area contributed by atoms with Gasteiger partial charge in [0.15, 0.2) is 5.78 Å². The number of Topliss-reactive ketones (excluding diaryl/α,β-unsaturated/α-hetero) is 1. The minimum absolute atomic E-state index is 0.105. The van der Waals surface area contributed by atoms with Crippen molar-refractivity contribution in [2.75, 3.05) is 5.32 Å². The molecule has 0 bridgehead atoms. The minimum Gasteiger partial charge on any atom is -0.444 e. The number of ether oxygens (including phenoxy) is 1. The average molecular weight is 504 g/mol. The quantitative estimate of drug-likeness (QED) is 0.441. The molecule has 7 heteroatoms. The van der Waals surface area contributed by atoms with Crippen molar-refractivity contribution in [3.8, 4) is 0 Å². The fourth-order valence-electron chi connectivity index (χ4n) is 4.07. The highest BCUT2D eigenvalue weighted by Crippen LogP contribution is 2.32. The van der Waals surface area contributed by atoms with Crippen LogP contribution in [0.25, 0.3) is 10.9 Å². The van der Waals surface area contributed by atoms with Crippen molar-refractivity contribution in [2.24, 2.45) is 5.92 Å². The molecular formula is C25H34BrN3O3. The number of benzene rings is 1. The topological polar surface area (TPSA) is 80.3 Å². The van der Waals surface area contributed by atoms with Gasteiger partial charge in [-0.3, -0.25) is 9.78 Å². The summed E-state index contributed by atoms with van der Waals surface area (Å²) in [6.45, 7) is 9.69. The number of halogens is 1. The van der Waals surface area contributed by atoms with Crippen LogP contribution in [0, 0.1) is 5.92 Å². The van der Waals surface area contributed by atoms with Gasteiger partial charge >= 0.3 is 6.09 Å². The van der Waals surface area contributed by atoms with E-state index in [2.05, 4.69) is 45.4 Å². The second-order valence-electron chi connectivity index (χ2n) is 10.1. The summed E-state index contributed by atoms with van der Waals surface area (Å²) in [6.07, 6.45) is 5.35. The smallest absolute Gasteiger partial charge is 0.407 e. The Balaban J connectivity index is 1.75. The van der Waals surface area contributed by atoms with Crippen LogP contribution >= 0.6 is 15.9 Å². The van der Waals surface area contributed by atoms with E-state index in [0.717, 1.165) is 46.7 Å². The Morgan fingerprint density at radius 2 is 1.81 bits per heavy atom. The fraction of sp³-hybridized carbons (Fsp3) is 0.560. The van der Waals surface area contributed by atoms with Gasteiger partial charge in [-0.2, -0.15) is 0 Å². The van der Waals surface area contributed by atoms with Gasteiger partial charge in [0.1, 0.15) is 5.60 Å². The molecule has 0 unspecified atom stereocenters. The number of pyridine rings is 1. The van der Waals surface area contributed by atoms with E-state index in [1.165, 1.54) is 0 Å². The summed E-state index contributed by atoms with van der Waals surface area (Å²) in [6, 6.07) is 6.27. The lowest BCUT2D eigenvalue weighted by molar-refractivity contribution is 0.0492. The predicted octanol–water partition coefficient (Wildman–Crippen LogP) is 6.47. The van der Waals surface area contributed by atoms with Gasteiger partial charge in [-0.05, 0) is 70.6 Å². The van der Waals surface area contributed by atoms with Gasteiger partial charge in [-0.15, -0.1) is 0 Å². The summed E-state index contributed by atoms with van der Waals surface area (Å²) in [5.74, 6) is 0.389. The zero-order valence-corrected chi connectivity index (χ0v) is 21.2. The first-order valence-electron chi connectivity index (χ1n) is 11.4. The van der Waals surface area contributed by atoms with Crippen LogP contribution in [0.3, 0.4) is 0 Å². The molecule has 32 heavy (non-hydrogen) atoms. The third-order valence-corrected chi connectivity index (χ3v) is 6.01. The Morgan fingerprint density at radius 1 is 1.16 bits per heavy atom. The maximum Gasteiger partial charge on any atom is 0.407 e. The number of anilines is 1. The van der Waals surface area contributed by atoms with Gasteiger partial charge in [-0.1, -0.05) is 29.8 Å². The van der Waals surface area contributed by atoms with E-state index in [1.54, 1.807) is 6.20 Å². The molecule has 1 aliphatic rings. The van der Waals surface area contributed by atoms with E-state index >= 15 is 0 Å². The lowest BCUT2D eigenvalue weighted by Crippen LogP contribution is -2.42. The van der Waals surface area contributed by atoms with Gasteiger partial charge in [0.25, 0.3) is 0 Å². The summed E-state index contributed by atoms with van der Waals surface area (Å²) in [4.78, 5) is 29.6. The van der Waals surface area contributed by atoms with Crippen molar-refractivity contribution in [3.05, 3.63) is 34.4 Å². The maximum absolute atomic E-state index is 13.0. The minimum atomic E-state index is -0.502. The number of amides is 1. The molecular weight excluding hydrogens is 470 g/mol. The number of carbonyl (C=O) groups is 2. The van der Waals surface area contributed by atoms with Crippen LogP contribution in [-0.2, 0) is 4.74 Å². The number of ketones is 1. The lowest BCUT2D eigenvalue weighted by Gasteiger charge is -2.31. The van der Waals surface area contributed by atoms with Crippen molar-refractivity contribution in [2.45, 2.75) is 84.4 Å². The number of nitrogens with one attached hydrogen (secondary N) is 2. The highest BCUT2D eigenvalue weighted by molar-refractivity contribution is 9.10. The van der Waals surface area contributed by atoms with Crippen LogP contribution in [0.5, 0.6) is 0 Å². The molecule has 0 spiro atoms. The monoisotopic (exact) mass is 503 g/mol. The molecule has 1 aliphatic carbocycles. The number of carbonyl (C=O) groups excluding carboxylic acids is 2. The molecule has 0 aliphatic heterocycles. The zero-order valence-electron chi connectivity index (χ0n) is 19.6. The number of hydrogen-bond acceptors (Lipinski definition) is 5. The van der Waals surface area contributed by atoms with Crippen LogP contribution in [0.1, 0.15) is 77.1 Å². The average Bonchev–Trinajstić information content (AvgIpc) is 2.67. The Kier molecular flexibility index (Phi) is 7.80. The van der Waals surface area contributed by atoms with Crippen LogP contribution in [0.15, 0.2) is 28.9 Å². The highest BCUT2D eigenvalue weighted by atomic mass is 79.9. The van der Waals surface area contributed by atoms with E-state index in [0.29, 0.717) is 12.0 Å². The second kappa shape index (κ2) is 10.2. The SMILES string of the molecule is CC(C)CC(=O)c1cnc2ccc(Br)cc2c1N[C@H]1CC[C@H](NC(=O)OC(C)(C)C)CC1. The summed E-state index contributed by atoms with van der Waals surface area (Å²) >= 11 is 3.55. The number of hydrogen-bond donors (Lipinski definition) is 2. The Bertz CT molecular complexity index is 976. The number of fused-ring (bicyclic) bond motifs is 1. The third kappa shape index (κ3) is 6.67. The second-order valence-corrected chi connectivity index (χ2v) is 11.0. The molecule has 1 amide bonds. The highest BCUT2D eigenvalue weighted by Gasteiger charge is 2.26. The number of nitrogens with zero attached hydrogens (tertiary/aromatic N) is 1. The predicted molar refractivity (Wildman–Crippen MR) is 132 cm³/mol. The Hall–Kier alpha value is -2.15. The molecule has 1 heterocycles. The van der Waals surface area contributed by atoms with E-state index < -0.39 is 5.60 Å². The van der Waals surface area contributed by atoms with Gasteiger partial charge in [0.2, 0.25) is 0 Å².